The maximum atomic E-state index is 10.1. The van der Waals surface area contributed by atoms with Crippen molar-refractivity contribution in [2.75, 3.05) is 13.1 Å². The van der Waals surface area contributed by atoms with Crippen molar-refractivity contribution in [3.05, 3.63) is 27.7 Å². The van der Waals surface area contributed by atoms with Crippen molar-refractivity contribution in [3.63, 3.8) is 0 Å². The summed E-state index contributed by atoms with van der Waals surface area (Å²) >= 11 is 12.0. The molecule has 0 aromatic heterocycles. The van der Waals surface area contributed by atoms with E-state index in [4.69, 9.17) is 34.7 Å². The van der Waals surface area contributed by atoms with Gasteiger partial charge in [0, 0.05) is 17.7 Å². The average molecular weight is 373 g/mol. The Balaban J connectivity index is 1.61. The van der Waals surface area contributed by atoms with Crippen LogP contribution in [0.25, 0.3) is 0 Å². The molecule has 1 aromatic rings. The highest BCUT2D eigenvalue weighted by atomic mass is 35.5. The van der Waals surface area contributed by atoms with E-state index in [0.717, 1.165) is 38.8 Å². The number of likely N-dealkylation sites (tertiary alicyclic amines) is 1. The van der Waals surface area contributed by atoms with Crippen LogP contribution >= 0.6 is 23.2 Å². The highest BCUT2D eigenvalue weighted by Gasteiger charge is 2.31. The maximum absolute atomic E-state index is 10.1. The quantitative estimate of drug-likeness (QED) is 0.655. The molecule has 3 atom stereocenters. The molecule has 0 radical (unpaired) electrons. The zero-order valence-corrected chi connectivity index (χ0v) is 15.2. The van der Waals surface area contributed by atoms with E-state index >= 15 is 0 Å². The van der Waals surface area contributed by atoms with E-state index in [0.29, 0.717) is 27.7 Å². The maximum Gasteiger partial charge on any atom is 0.121 e. The zero-order chi connectivity index (χ0) is 17.3. The summed E-state index contributed by atoms with van der Waals surface area (Å²) in [5, 5.41) is 14.4. The zero-order valence-electron chi connectivity index (χ0n) is 13.7. The van der Waals surface area contributed by atoms with E-state index in [-0.39, 0.29) is 18.0 Å². The van der Waals surface area contributed by atoms with Gasteiger partial charge >= 0.3 is 0 Å². The lowest BCUT2D eigenvalue weighted by Gasteiger charge is -2.42. The molecule has 1 aromatic carbocycles. The van der Waals surface area contributed by atoms with E-state index in [1.54, 1.807) is 6.07 Å². The van der Waals surface area contributed by atoms with Crippen molar-refractivity contribution in [2.24, 2.45) is 17.4 Å². The Bertz CT molecular complexity index is 578. The fourth-order valence-electron chi connectivity index (χ4n) is 3.90. The summed E-state index contributed by atoms with van der Waals surface area (Å²) in [6, 6.07) is 2.93. The van der Waals surface area contributed by atoms with E-state index in [1.165, 1.54) is 12.5 Å². The second-order valence-electron chi connectivity index (χ2n) is 6.94. The van der Waals surface area contributed by atoms with E-state index in [1.807, 2.05) is 0 Å². The molecular formula is C17H26Cl2N4O. The van der Waals surface area contributed by atoms with Crippen LogP contribution in [0.2, 0.25) is 10.0 Å². The molecule has 0 amide bonds. The fraction of sp³-hybridized carbons (Fsp3) is 0.647. The van der Waals surface area contributed by atoms with Gasteiger partial charge in [0.2, 0.25) is 0 Å². The fourth-order valence-corrected chi connectivity index (χ4v) is 4.23. The van der Waals surface area contributed by atoms with Crippen molar-refractivity contribution in [1.29, 1.82) is 0 Å². The van der Waals surface area contributed by atoms with Crippen LogP contribution in [0.1, 0.15) is 43.7 Å². The van der Waals surface area contributed by atoms with Gasteiger partial charge in [-0.1, -0.05) is 23.2 Å². The van der Waals surface area contributed by atoms with Gasteiger partial charge in [-0.15, -0.1) is 0 Å². The largest absolute Gasteiger partial charge is 0.508 e. The Hall–Kier alpha value is -0.560. The SMILES string of the molecule is NC1CCCC(N2CCC([C@@H](N)c3cc(Cl)c(Cl)cc3O)CC2)N1. The first-order valence-corrected chi connectivity index (χ1v) is 9.40. The van der Waals surface area contributed by atoms with Crippen LogP contribution in [0.4, 0.5) is 0 Å². The Labute approximate surface area is 153 Å². The minimum Gasteiger partial charge on any atom is -0.508 e. The Morgan fingerprint density at radius 3 is 2.46 bits per heavy atom. The van der Waals surface area contributed by atoms with Crippen LogP contribution in [0.15, 0.2) is 12.1 Å². The van der Waals surface area contributed by atoms with Gasteiger partial charge < -0.3 is 16.6 Å². The van der Waals surface area contributed by atoms with Gasteiger partial charge in [0.15, 0.2) is 0 Å². The molecule has 0 bridgehead atoms. The number of nitrogens with one attached hydrogen (secondary N) is 1. The second-order valence-corrected chi connectivity index (χ2v) is 7.76. The molecule has 0 saturated carbocycles. The van der Waals surface area contributed by atoms with Crippen LogP contribution in [0.5, 0.6) is 5.75 Å². The van der Waals surface area contributed by atoms with Crippen LogP contribution in [0, 0.1) is 5.92 Å². The van der Waals surface area contributed by atoms with E-state index < -0.39 is 0 Å². The predicted octanol–water partition coefficient (Wildman–Crippen LogP) is 2.80. The lowest BCUT2D eigenvalue weighted by Crippen LogP contribution is -2.57. The van der Waals surface area contributed by atoms with Gasteiger partial charge in [-0.25, -0.2) is 0 Å². The first kappa shape index (κ1) is 18.2. The molecular weight excluding hydrogens is 347 g/mol. The molecule has 2 fully saturated rings. The molecule has 2 aliphatic heterocycles. The number of phenolic OH excluding ortho intramolecular Hbond substituents is 1. The van der Waals surface area contributed by atoms with Crippen molar-refractivity contribution in [3.8, 4) is 5.75 Å². The number of aromatic hydroxyl groups is 1. The highest BCUT2D eigenvalue weighted by Crippen LogP contribution is 2.38. The molecule has 5 nitrogen and oxygen atoms in total. The van der Waals surface area contributed by atoms with Gasteiger partial charge in [-0.3, -0.25) is 10.2 Å². The van der Waals surface area contributed by atoms with Gasteiger partial charge in [0.1, 0.15) is 5.75 Å². The Morgan fingerprint density at radius 2 is 1.79 bits per heavy atom. The summed E-state index contributed by atoms with van der Waals surface area (Å²) in [6.45, 7) is 1.98. The molecule has 2 saturated heterocycles. The highest BCUT2D eigenvalue weighted by molar-refractivity contribution is 6.42. The number of piperidine rings is 2. The minimum absolute atomic E-state index is 0.108. The molecule has 2 unspecified atom stereocenters. The number of hydrogen-bond donors (Lipinski definition) is 4. The summed E-state index contributed by atoms with van der Waals surface area (Å²) in [4.78, 5) is 2.47. The third-order valence-electron chi connectivity index (χ3n) is 5.35. The molecule has 0 spiro atoms. The van der Waals surface area contributed by atoms with Crippen molar-refractivity contribution < 1.29 is 5.11 Å². The van der Waals surface area contributed by atoms with Gasteiger partial charge in [0.25, 0.3) is 0 Å². The molecule has 24 heavy (non-hydrogen) atoms. The number of rotatable bonds is 3. The monoisotopic (exact) mass is 372 g/mol. The topological polar surface area (TPSA) is 87.5 Å². The normalized spacial score (nSPS) is 28.0. The first-order chi connectivity index (χ1) is 11.5. The summed E-state index contributed by atoms with van der Waals surface area (Å²) in [5.74, 6) is 0.445. The molecule has 2 aliphatic rings. The van der Waals surface area contributed by atoms with Crippen molar-refractivity contribution in [1.82, 2.24) is 10.2 Å². The molecule has 0 aliphatic carbocycles. The lowest BCUT2D eigenvalue weighted by molar-refractivity contribution is 0.0738. The Kier molecular flexibility index (Phi) is 5.90. The summed E-state index contributed by atoms with van der Waals surface area (Å²) in [6.07, 6.45) is 5.85. The van der Waals surface area contributed by atoms with Crippen molar-refractivity contribution >= 4 is 23.2 Å². The standard InChI is InChI=1S/C17H26Cl2N4O/c18-12-8-11(14(24)9-13(12)19)17(21)10-4-6-23(7-5-10)16-3-1-2-15(20)22-16/h8-10,15-17,22,24H,1-7,20-21H2/t15?,16?,17-/m1/s1. The number of phenols is 1. The summed E-state index contributed by atoms with van der Waals surface area (Å²) in [7, 11) is 0. The average Bonchev–Trinajstić information content (AvgIpc) is 2.58. The lowest BCUT2D eigenvalue weighted by atomic mass is 9.85. The number of nitrogens with two attached hydrogens (primary N) is 2. The van der Waals surface area contributed by atoms with Crippen LogP contribution in [-0.2, 0) is 0 Å². The number of halogens is 2. The van der Waals surface area contributed by atoms with E-state index in [2.05, 4.69) is 10.2 Å². The van der Waals surface area contributed by atoms with Crippen LogP contribution in [0.3, 0.4) is 0 Å². The Morgan fingerprint density at radius 1 is 1.12 bits per heavy atom. The van der Waals surface area contributed by atoms with Crippen LogP contribution in [-0.4, -0.2) is 35.4 Å². The van der Waals surface area contributed by atoms with E-state index in [9.17, 15) is 5.11 Å². The molecule has 134 valence electrons. The first-order valence-electron chi connectivity index (χ1n) is 8.65. The third kappa shape index (κ3) is 3.98. The number of nitrogens with zero attached hydrogens (tertiary/aromatic N) is 1. The summed E-state index contributed by atoms with van der Waals surface area (Å²) in [5.41, 5.74) is 13.1. The summed E-state index contributed by atoms with van der Waals surface area (Å²) < 4.78 is 0. The van der Waals surface area contributed by atoms with Gasteiger partial charge in [-0.2, -0.15) is 0 Å². The van der Waals surface area contributed by atoms with Crippen LogP contribution < -0.4 is 16.8 Å². The number of hydrogen-bond acceptors (Lipinski definition) is 5. The van der Waals surface area contributed by atoms with Gasteiger partial charge in [0.05, 0.1) is 22.4 Å². The molecule has 6 N–H and O–H groups in total. The third-order valence-corrected chi connectivity index (χ3v) is 6.07. The second kappa shape index (κ2) is 7.77. The smallest absolute Gasteiger partial charge is 0.121 e. The number of benzene rings is 1. The molecule has 7 heteroatoms. The predicted molar refractivity (Wildman–Crippen MR) is 98.1 cm³/mol. The van der Waals surface area contributed by atoms with Gasteiger partial charge in [-0.05, 0) is 57.2 Å². The molecule has 2 heterocycles. The van der Waals surface area contributed by atoms with Crippen molar-refractivity contribution in [2.45, 2.75) is 50.5 Å². The minimum atomic E-state index is -0.233. The molecule has 3 rings (SSSR count).